The monoisotopic (exact) mass is 401 g/mol. The number of aliphatic hydroxyl groups is 1. The first-order valence-corrected chi connectivity index (χ1v) is 10.7. The Labute approximate surface area is 177 Å². The molecule has 1 amide bonds. The van der Waals surface area contributed by atoms with Crippen molar-refractivity contribution >= 4 is 5.91 Å². The van der Waals surface area contributed by atoms with Crippen LogP contribution >= 0.6 is 0 Å². The number of nitrogens with zero attached hydrogens (tertiary/aromatic N) is 3. The Morgan fingerprint density at radius 2 is 1.73 bits per heavy atom. The fraction of sp³-hybridized carbons (Fsp3) is 0.360. The molecule has 2 saturated heterocycles. The lowest BCUT2D eigenvalue weighted by Crippen LogP contribution is -2.43. The Bertz CT molecular complexity index is 1020. The van der Waals surface area contributed by atoms with Gasteiger partial charge in [-0.15, -0.1) is 0 Å². The lowest BCUT2D eigenvalue weighted by atomic mass is 9.70. The number of aliphatic hydroxyl groups excluding tert-OH is 1. The zero-order valence-electron chi connectivity index (χ0n) is 17.0. The standard InChI is InChI=1S/C25H27N3O2/c29-18-25(13-19-7-3-1-4-8-19)14-22-11-12-23(25)28(22)24(30)21-15-26-27(17-21)16-20-9-5-2-6-10-20/h1-10,15,17,22-23,29H,11-14,16,18H2/t22-,23+,25-/m0/s1. The fourth-order valence-electron chi connectivity index (χ4n) is 5.50. The molecule has 30 heavy (non-hydrogen) atoms. The topological polar surface area (TPSA) is 58.4 Å². The lowest BCUT2D eigenvalue weighted by molar-refractivity contribution is 0.0571. The van der Waals surface area contributed by atoms with E-state index >= 15 is 0 Å². The molecule has 0 aliphatic carbocycles. The second kappa shape index (κ2) is 7.73. The van der Waals surface area contributed by atoms with Crippen LogP contribution in [0.15, 0.2) is 73.1 Å². The second-order valence-corrected chi connectivity index (χ2v) is 8.76. The predicted octanol–water partition coefficient (Wildman–Crippen LogP) is 3.53. The Morgan fingerprint density at radius 3 is 2.43 bits per heavy atom. The number of aromatic nitrogens is 2. The van der Waals surface area contributed by atoms with Gasteiger partial charge in [-0.1, -0.05) is 60.7 Å². The van der Waals surface area contributed by atoms with Gasteiger partial charge < -0.3 is 10.0 Å². The number of carbonyl (C=O) groups excluding carboxylic acids is 1. The van der Waals surface area contributed by atoms with E-state index in [9.17, 15) is 9.90 Å². The van der Waals surface area contributed by atoms with Gasteiger partial charge in [0.15, 0.2) is 0 Å². The Hall–Kier alpha value is -2.92. The van der Waals surface area contributed by atoms with Crippen molar-refractivity contribution in [1.29, 1.82) is 0 Å². The van der Waals surface area contributed by atoms with Gasteiger partial charge in [0.1, 0.15) is 0 Å². The summed E-state index contributed by atoms with van der Waals surface area (Å²) in [5.74, 6) is 0.0465. The number of benzene rings is 2. The van der Waals surface area contributed by atoms with Gasteiger partial charge in [0.2, 0.25) is 0 Å². The molecule has 3 heterocycles. The highest BCUT2D eigenvalue weighted by atomic mass is 16.3. The first-order chi connectivity index (χ1) is 14.7. The van der Waals surface area contributed by atoms with Gasteiger partial charge in [-0.25, -0.2) is 0 Å². The zero-order valence-corrected chi connectivity index (χ0v) is 17.0. The quantitative estimate of drug-likeness (QED) is 0.687. The third kappa shape index (κ3) is 3.33. The van der Waals surface area contributed by atoms with Crippen LogP contribution in [0.25, 0.3) is 0 Å². The minimum absolute atomic E-state index is 0.0465. The van der Waals surface area contributed by atoms with E-state index in [0.29, 0.717) is 12.1 Å². The summed E-state index contributed by atoms with van der Waals surface area (Å²) in [5.41, 5.74) is 2.77. The first-order valence-electron chi connectivity index (χ1n) is 10.7. The largest absolute Gasteiger partial charge is 0.396 e. The third-order valence-electron chi connectivity index (χ3n) is 6.87. The maximum absolute atomic E-state index is 13.4. The summed E-state index contributed by atoms with van der Waals surface area (Å²) >= 11 is 0. The Kier molecular flexibility index (Phi) is 4.91. The highest BCUT2D eigenvalue weighted by molar-refractivity contribution is 5.94. The molecule has 154 valence electrons. The molecule has 2 aromatic carbocycles. The van der Waals surface area contributed by atoms with Crippen molar-refractivity contribution in [2.75, 3.05) is 6.61 Å². The van der Waals surface area contributed by atoms with E-state index in [1.165, 1.54) is 5.56 Å². The van der Waals surface area contributed by atoms with Crippen LogP contribution in [0.4, 0.5) is 0 Å². The molecule has 5 nitrogen and oxygen atoms in total. The molecule has 2 aliphatic rings. The molecule has 3 atom stereocenters. The number of amides is 1. The Morgan fingerprint density at radius 1 is 1.03 bits per heavy atom. The van der Waals surface area contributed by atoms with Crippen molar-refractivity contribution in [3.8, 4) is 0 Å². The van der Waals surface area contributed by atoms with Gasteiger partial charge in [-0.05, 0) is 36.8 Å². The Balaban J connectivity index is 1.35. The average Bonchev–Trinajstić information content (AvgIpc) is 3.49. The van der Waals surface area contributed by atoms with Crippen LogP contribution in [0.2, 0.25) is 0 Å². The molecule has 0 spiro atoms. The summed E-state index contributed by atoms with van der Waals surface area (Å²) < 4.78 is 1.82. The minimum Gasteiger partial charge on any atom is -0.396 e. The van der Waals surface area contributed by atoms with Crippen LogP contribution in [0, 0.1) is 5.41 Å². The molecule has 2 bridgehead atoms. The van der Waals surface area contributed by atoms with E-state index in [4.69, 9.17) is 0 Å². The molecule has 1 aromatic heterocycles. The molecule has 2 aliphatic heterocycles. The van der Waals surface area contributed by atoms with Gasteiger partial charge >= 0.3 is 0 Å². The molecule has 5 rings (SSSR count). The maximum Gasteiger partial charge on any atom is 0.257 e. The van der Waals surface area contributed by atoms with E-state index in [-0.39, 0.29) is 30.0 Å². The highest BCUT2D eigenvalue weighted by Gasteiger charge is 2.57. The zero-order chi connectivity index (χ0) is 20.6. The maximum atomic E-state index is 13.4. The third-order valence-corrected chi connectivity index (χ3v) is 6.87. The van der Waals surface area contributed by atoms with E-state index in [1.807, 2.05) is 52.2 Å². The SMILES string of the molecule is O=C(c1cnn(Cc2ccccc2)c1)N1[C@H]2CC[C@@H]1[C@@](CO)(Cc1ccccc1)C2. The smallest absolute Gasteiger partial charge is 0.257 e. The van der Waals surface area contributed by atoms with E-state index in [1.54, 1.807) is 6.20 Å². The summed E-state index contributed by atoms with van der Waals surface area (Å²) in [4.78, 5) is 15.5. The van der Waals surface area contributed by atoms with Gasteiger partial charge in [0, 0.05) is 23.7 Å². The van der Waals surface area contributed by atoms with Crippen LogP contribution in [0.5, 0.6) is 0 Å². The second-order valence-electron chi connectivity index (χ2n) is 8.76. The van der Waals surface area contributed by atoms with E-state index < -0.39 is 0 Å². The summed E-state index contributed by atoms with van der Waals surface area (Å²) in [7, 11) is 0. The molecule has 2 fully saturated rings. The summed E-state index contributed by atoms with van der Waals surface area (Å²) in [6, 6.07) is 20.7. The number of hydrogen-bond acceptors (Lipinski definition) is 3. The van der Waals surface area contributed by atoms with Crippen LogP contribution < -0.4 is 0 Å². The minimum atomic E-state index is -0.250. The van der Waals surface area contributed by atoms with Gasteiger partial charge in [0.05, 0.1) is 24.9 Å². The molecular weight excluding hydrogens is 374 g/mol. The summed E-state index contributed by atoms with van der Waals surface area (Å²) in [5, 5.41) is 14.8. The van der Waals surface area contributed by atoms with E-state index in [0.717, 1.165) is 31.2 Å². The van der Waals surface area contributed by atoms with Crippen LogP contribution in [-0.2, 0) is 13.0 Å². The van der Waals surface area contributed by atoms with Crippen molar-refractivity contribution in [2.45, 2.75) is 44.3 Å². The number of carbonyl (C=O) groups is 1. The van der Waals surface area contributed by atoms with Crippen LogP contribution in [-0.4, -0.2) is 44.4 Å². The van der Waals surface area contributed by atoms with Crippen LogP contribution in [0.3, 0.4) is 0 Å². The molecular formula is C25H27N3O2. The van der Waals surface area contributed by atoms with Gasteiger partial charge in [0.25, 0.3) is 5.91 Å². The summed E-state index contributed by atoms with van der Waals surface area (Å²) in [6.45, 7) is 0.760. The van der Waals surface area contributed by atoms with Crippen molar-refractivity contribution in [3.63, 3.8) is 0 Å². The van der Waals surface area contributed by atoms with Crippen LogP contribution in [0.1, 0.15) is 40.7 Å². The van der Waals surface area contributed by atoms with Gasteiger partial charge in [-0.3, -0.25) is 9.48 Å². The molecule has 0 unspecified atom stereocenters. The number of rotatable bonds is 6. The molecule has 1 N–H and O–H groups in total. The number of fused-ring (bicyclic) bond motifs is 2. The number of hydrogen-bond donors (Lipinski definition) is 1. The normalized spacial score (nSPS) is 25.0. The van der Waals surface area contributed by atoms with Crippen molar-refractivity contribution in [2.24, 2.45) is 5.41 Å². The molecule has 0 radical (unpaired) electrons. The predicted molar refractivity (Wildman–Crippen MR) is 115 cm³/mol. The first kappa shape index (κ1) is 19.1. The molecule has 3 aromatic rings. The molecule has 0 saturated carbocycles. The average molecular weight is 402 g/mol. The van der Waals surface area contributed by atoms with E-state index in [2.05, 4.69) is 29.4 Å². The van der Waals surface area contributed by atoms with Crippen molar-refractivity contribution in [3.05, 3.63) is 89.7 Å². The fourth-order valence-corrected chi connectivity index (χ4v) is 5.50. The van der Waals surface area contributed by atoms with Crippen molar-refractivity contribution < 1.29 is 9.90 Å². The molecule has 5 heteroatoms. The highest BCUT2D eigenvalue weighted by Crippen LogP contribution is 2.51. The van der Waals surface area contributed by atoms with Crippen molar-refractivity contribution in [1.82, 2.24) is 14.7 Å². The summed E-state index contributed by atoms with van der Waals surface area (Å²) in [6.07, 6.45) is 7.19. The van der Waals surface area contributed by atoms with Gasteiger partial charge in [-0.2, -0.15) is 5.10 Å². The lowest BCUT2D eigenvalue weighted by Gasteiger charge is -2.36.